The van der Waals surface area contributed by atoms with Gasteiger partial charge >= 0.3 is 12.3 Å². The highest BCUT2D eigenvalue weighted by molar-refractivity contribution is 6.33. The first kappa shape index (κ1) is 19.1. The third kappa shape index (κ3) is 6.77. The standard InChI is InChI=1S/C14H16ClF3N2O3/c1-13(2,3)23-12(22)19-7-11(21)20-10-6-8(14(16,17)18)4-5-9(10)15/h4-6H,7H2,1-3H3,(H,19,22)(H,20,21). The molecule has 0 spiro atoms. The number of benzene rings is 1. The van der Waals surface area contributed by atoms with Crippen molar-refractivity contribution in [2.75, 3.05) is 11.9 Å². The van der Waals surface area contributed by atoms with Crippen LogP contribution in [0.25, 0.3) is 0 Å². The number of carbonyl (C=O) groups is 2. The fraction of sp³-hybridized carbons (Fsp3) is 0.429. The summed E-state index contributed by atoms with van der Waals surface area (Å²) in [6, 6.07) is 2.55. The molecule has 9 heteroatoms. The van der Waals surface area contributed by atoms with E-state index in [1.807, 2.05) is 0 Å². The van der Waals surface area contributed by atoms with Gasteiger partial charge in [-0.1, -0.05) is 11.6 Å². The average molecular weight is 353 g/mol. The monoisotopic (exact) mass is 352 g/mol. The Morgan fingerprint density at radius 3 is 2.35 bits per heavy atom. The van der Waals surface area contributed by atoms with Gasteiger partial charge in [0.25, 0.3) is 0 Å². The number of hydrogen-bond donors (Lipinski definition) is 2. The van der Waals surface area contributed by atoms with Crippen molar-refractivity contribution in [3.05, 3.63) is 28.8 Å². The fourth-order valence-electron chi connectivity index (χ4n) is 1.46. The smallest absolute Gasteiger partial charge is 0.416 e. The minimum atomic E-state index is -4.56. The summed E-state index contributed by atoms with van der Waals surface area (Å²) in [5.74, 6) is -0.739. The van der Waals surface area contributed by atoms with Crippen molar-refractivity contribution < 1.29 is 27.5 Å². The first-order chi connectivity index (χ1) is 10.4. The van der Waals surface area contributed by atoms with Crippen LogP contribution in [0.3, 0.4) is 0 Å². The van der Waals surface area contributed by atoms with Crippen LogP contribution >= 0.6 is 11.6 Å². The lowest BCUT2D eigenvalue weighted by Gasteiger charge is -2.19. The van der Waals surface area contributed by atoms with Crippen molar-refractivity contribution >= 4 is 29.3 Å². The Morgan fingerprint density at radius 2 is 1.83 bits per heavy atom. The zero-order valence-corrected chi connectivity index (χ0v) is 13.4. The van der Waals surface area contributed by atoms with E-state index in [0.717, 1.165) is 12.1 Å². The van der Waals surface area contributed by atoms with Crippen LogP contribution in [0.1, 0.15) is 26.3 Å². The topological polar surface area (TPSA) is 67.4 Å². The van der Waals surface area contributed by atoms with E-state index in [4.69, 9.17) is 16.3 Å². The van der Waals surface area contributed by atoms with Gasteiger partial charge in [-0.15, -0.1) is 0 Å². The van der Waals surface area contributed by atoms with Crippen LogP contribution in [0, 0.1) is 0 Å². The van der Waals surface area contributed by atoms with Gasteiger partial charge in [-0.25, -0.2) is 4.79 Å². The minimum Gasteiger partial charge on any atom is -0.444 e. The number of halogens is 4. The predicted octanol–water partition coefficient (Wildman–Crippen LogP) is 3.82. The molecule has 1 rings (SSSR count). The van der Waals surface area contributed by atoms with Gasteiger partial charge in [-0.2, -0.15) is 13.2 Å². The van der Waals surface area contributed by atoms with E-state index in [2.05, 4.69) is 10.6 Å². The Labute approximate surface area is 136 Å². The van der Waals surface area contributed by atoms with Gasteiger partial charge in [-0.05, 0) is 39.0 Å². The number of rotatable bonds is 3. The number of alkyl halides is 3. The molecule has 1 aromatic carbocycles. The molecule has 0 radical (unpaired) electrons. The van der Waals surface area contributed by atoms with Crippen molar-refractivity contribution in [2.24, 2.45) is 0 Å². The van der Waals surface area contributed by atoms with Crippen molar-refractivity contribution in [1.29, 1.82) is 0 Å². The molecule has 0 aliphatic heterocycles. The molecule has 0 unspecified atom stereocenters. The number of hydrogen-bond acceptors (Lipinski definition) is 3. The summed E-state index contributed by atoms with van der Waals surface area (Å²) in [5.41, 5.74) is -1.87. The molecule has 2 N–H and O–H groups in total. The minimum absolute atomic E-state index is 0.0522. The van der Waals surface area contributed by atoms with Crippen LogP contribution in [0.15, 0.2) is 18.2 Å². The normalized spacial score (nSPS) is 11.8. The number of carbonyl (C=O) groups excluding carboxylic acids is 2. The summed E-state index contributed by atoms with van der Waals surface area (Å²) in [7, 11) is 0. The first-order valence-corrected chi connectivity index (χ1v) is 6.90. The number of alkyl carbamates (subject to hydrolysis) is 1. The van der Waals surface area contributed by atoms with E-state index in [-0.39, 0.29) is 10.7 Å². The molecule has 128 valence electrons. The third-order valence-corrected chi connectivity index (χ3v) is 2.69. The van der Waals surface area contributed by atoms with Crippen LogP contribution in [0.4, 0.5) is 23.7 Å². The summed E-state index contributed by atoms with van der Waals surface area (Å²) < 4.78 is 42.8. The molecule has 0 saturated carbocycles. The molecule has 0 aromatic heterocycles. The second-order valence-corrected chi connectivity index (χ2v) is 6.00. The van der Waals surface area contributed by atoms with Gasteiger partial charge < -0.3 is 15.4 Å². The van der Waals surface area contributed by atoms with Crippen LogP contribution in [-0.4, -0.2) is 24.1 Å². The van der Waals surface area contributed by atoms with Gasteiger partial charge in [0.2, 0.25) is 5.91 Å². The Balaban J connectivity index is 2.66. The van der Waals surface area contributed by atoms with Crippen LogP contribution in [-0.2, 0) is 15.7 Å². The molecular formula is C14H16ClF3N2O3. The highest BCUT2D eigenvalue weighted by atomic mass is 35.5. The van der Waals surface area contributed by atoms with Crippen molar-refractivity contribution in [2.45, 2.75) is 32.5 Å². The van der Waals surface area contributed by atoms with Crippen molar-refractivity contribution in [3.63, 3.8) is 0 Å². The second kappa shape index (κ2) is 7.08. The Morgan fingerprint density at radius 1 is 1.22 bits per heavy atom. The lowest BCUT2D eigenvalue weighted by Crippen LogP contribution is -2.37. The van der Waals surface area contributed by atoms with E-state index in [9.17, 15) is 22.8 Å². The van der Waals surface area contributed by atoms with Gasteiger partial charge in [0.05, 0.1) is 16.3 Å². The summed E-state index contributed by atoms with van der Waals surface area (Å²) in [6.45, 7) is 4.47. The highest BCUT2D eigenvalue weighted by Crippen LogP contribution is 2.33. The summed E-state index contributed by atoms with van der Waals surface area (Å²) >= 11 is 5.75. The van der Waals surface area contributed by atoms with Crippen molar-refractivity contribution in [3.8, 4) is 0 Å². The quantitative estimate of drug-likeness (QED) is 0.869. The zero-order chi connectivity index (χ0) is 17.8. The molecule has 0 heterocycles. The summed E-state index contributed by atoms with van der Waals surface area (Å²) in [6.07, 6.45) is -5.37. The van der Waals surface area contributed by atoms with Gasteiger partial charge in [0.15, 0.2) is 0 Å². The Hall–Kier alpha value is -1.96. The molecule has 0 fully saturated rings. The molecule has 0 bridgehead atoms. The summed E-state index contributed by atoms with van der Waals surface area (Å²) in [4.78, 5) is 23.1. The first-order valence-electron chi connectivity index (χ1n) is 6.52. The molecule has 2 amide bonds. The lowest BCUT2D eigenvalue weighted by molar-refractivity contribution is -0.137. The lowest BCUT2D eigenvalue weighted by atomic mass is 10.2. The molecule has 5 nitrogen and oxygen atoms in total. The van der Waals surface area contributed by atoms with Crippen LogP contribution < -0.4 is 10.6 Å². The summed E-state index contributed by atoms with van der Waals surface area (Å²) in [5, 5.41) is 4.33. The van der Waals surface area contributed by atoms with E-state index >= 15 is 0 Å². The SMILES string of the molecule is CC(C)(C)OC(=O)NCC(=O)Nc1cc(C(F)(F)F)ccc1Cl. The Kier molecular flexibility index (Phi) is 5.87. The van der Waals surface area contributed by atoms with E-state index in [1.165, 1.54) is 0 Å². The van der Waals surface area contributed by atoms with Gasteiger partial charge in [-0.3, -0.25) is 4.79 Å². The van der Waals surface area contributed by atoms with E-state index in [0.29, 0.717) is 6.07 Å². The van der Waals surface area contributed by atoms with Crippen molar-refractivity contribution in [1.82, 2.24) is 5.32 Å². The largest absolute Gasteiger partial charge is 0.444 e. The van der Waals surface area contributed by atoms with Crippen LogP contribution in [0.2, 0.25) is 5.02 Å². The van der Waals surface area contributed by atoms with E-state index < -0.39 is 35.9 Å². The molecule has 0 aliphatic rings. The van der Waals surface area contributed by atoms with E-state index in [1.54, 1.807) is 20.8 Å². The van der Waals surface area contributed by atoms with Gasteiger partial charge in [0, 0.05) is 0 Å². The van der Waals surface area contributed by atoms with Gasteiger partial charge in [0.1, 0.15) is 12.1 Å². The maximum atomic E-state index is 12.6. The number of amides is 2. The predicted molar refractivity (Wildman–Crippen MR) is 79.3 cm³/mol. The molecule has 0 atom stereocenters. The Bertz CT molecular complexity index is 598. The average Bonchev–Trinajstić information content (AvgIpc) is 2.35. The highest BCUT2D eigenvalue weighted by Gasteiger charge is 2.31. The maximum Gasteiger partial charge on any atom is 0.416 e. The second-order valence-electron chi connectivity index (χ2n) is 5.60. The molecule has 0 aliphatic carbocycles. The molecule has 1 aromatic rings. The molecule has 23 heavy (non-hydrogen) atoms. The number of ether oxygens (including phenoxy) is 1. The number of anilines is 1. The maximum absolute atomic E-state index is 12.6. The third-order valence-electron chi connectivity index (χ3n) is 2.36. The number of nitrogens with one attached hydrogen (secondary N) is 2. The molecule has 0 saturated heterocycles. The zero-order valence-electron chi connectivity index (χ0n) is 12.7. The fourth-order valence-corrected chi connectivity index (χ4v) is 1.62. The molecular weight excluding hydrogens is 337 g/mol. The van der Waals surface area contributed by atoms with Crippen LogP contribution in [0.5, 0.6) is 0 Å².